The molecule has 0 saturated heterocycles. The van der Waals surface area contributed by atoms with Crippen LogP contribution in [0.5, 0.6) is 0 Å². The van der Waals surface area contributed by atoms with Crippen molar-refractivity contribution in [3.05, 3.63) is 63.6 Å². The zero-order valence-electron chi connectivity index (χ0n) is 12.1. The number of anilines is 1. The molecule has 3 nitrogen and oxygen atoms in total. The summed E-state index contributed by atoms with van der Waals surface area (Å²) in [7, 11) is -3.36. The Labute approximate surface area is 134 Å². The molecule has 0 bridgehead atoms. The molecule has 2 aromatic rings. The summed E-state index contributed by atoms with van der Waals surface area (Å²) in [5.74, 6) is 0.0754. The Morgan fingerprint density at radius 3 is 2.19 bits per heavy atom. The van der Waals surface area contributed by atoms with Gasteiger partial charge in [0.15, 0.2) is 0 Å². The van der Waals surface area contributed by atoms with Crippen LogP contribution in [0.2, 0.25) is 0 Å². The van der Waals surface area contributed by atoms with Crippen LogP contribution in [0.25, 0.3) is 0 Å². The lowest BCUT2D eigenvalue weighted by molar-refractivity contribution is 0.600. The number of sulfonamides is 1. The van der Waals surface area contributed by atoms with Gasteiger partial charge in [-0.3, -0.25) is 4.72 Å². The lowest BCUT2D eigenvalue weighted by Crippen LogP contribution is -2.19. The average Bonchev–Trinajstić information content (AvgIpc) is 2.42. The number of benzene rings is 2. The van der Waals surface area contributed by atoms with Crippen molar-refractivity contribution in [3.63, 3.8) is 0 Å². The lowest BCUT2D eigenvalue weighted by Gasteiger charge is -2.14. The molecule has 112 valence electrons. The number of aryl methyl sites for hydroxylation is 3. The number of nitrogens with one attached hydrogen (secondary N) is 1. The fourth-order valence-corrected chi connectivity index (χ4v) is 4.10. The molecule has 0 fully saturated rings. The van der Waals surface area contributed by atoms with Gasteiger partial charge >= 0.3 is 0 Å². The smallest absolute Gasteiger partial charge is 0.233 e. The van der Waals surface area contributed by atoms with E-state index < -0.39 is 10.0 Å². The van der Waals surface area contributed by atoms with Crippen LogP contribution >= 0.6 is 15.9 Å². The Morgan fingerprint density at radius 2 is 1.62 bits per heavy atom. The van der Waals surface area contributed by atoms with Crippen molar-refractivity contribution in [2.45, 2.75) is 20.3 Å². The minimum absolute atomic E-state index is 0.0754. The Kier molecular flexibility index (Phi) is 5.06. The van der Waals surface area contributed by atoms with Gasteiger partial charge < -0.3 is 0 Å². The molecule has 2 rings (SSSR count). The molecule has 0 radical (unpaired) electrons. The van der Waals surface area contributed by atoms with Crippen LogP contribution in [0.4, 0.5) is 5.69 Å². The van der Waals surface area contributed by atoms with E-state index in [1.165, 1.54) is 0 Å². The molecule has 1 N–H and O–H groups in total. The summed E-state index contributed by atoms with van der Waals surface area (Å²) in [6.07, 6.45) is 0.505. The van der Waals surface area contributed by atoms with Gasteiger partial charge in [0.1, 0.15) is 0 Å². The van der Waals surface area contributed by atoms with Gasteiger partial charge in [-0.1, -0.05) is 46.3 Å². The van der Waals surface area contributed by atoms with E-state index in [4.69, 9.17) is 0 Å². The first-order valence-electron chi connectivity index (χ1n) is 6.68. The first-order valence-corrected chi connectivity index (χ1v) is 9.13. The summed E-state index contributed by atoms with van der Waals surface area (Å²) in [5.41, 5.74) is 3.51. The van der Waals surface area contributed by atoms with Gasteiger partial charge in [0.25, 0.3) is 0 Å². The second-order valence-corrected chi connectivity index (χ2v) is 7.83. The first-order chi connectivity index (χ1) is 9.87. The molecule has 0 atom stereocenters. The molecule has 5 heteroatoms. The molecular formula is C16H18BrNO2S. The van der Waals surface area contributed by atoms with E-state index in [2.05, 4.69) is 20.7 Å². The third-order valence-electron chi connectivity index (χ3n) is 3.26. The molecule has 0 aliphatic rings. The zero-order chi connectivity index (χ0) is 15.5. The van der Waals surface area contributed by atoms with Crippen molar-refractivity contribution in [3.8, 4) is 0 Å². The Balaban J connectivity index is 2.11. The normalized spacial score (nSPS) is 11.4. The highest BCUT2D eigenvalue weighted by Crippen LogP contribution is 2.26. The molecule has 0 heterocycles. The predicted molar refractivity (Wildman–Crippen MR) is 91.2 cm³/mol. The number of hydrogen-bond donors (Lipinski definition) is 1. The standard InChI is InChI=1S/C16H18BrNO2S/c1-12-10-15(17)11-13(2)16(12)18-21(19,20)9-8-14-6-4-3-5-7-14/h3-7,10-11,18H,8-9H2,1-2H3. The molecule has 2 aromatic carbocycles. The summed E-state index contributed by atoms with van der Waals surface area (Å²) in [6, 6.07) is 13.4. The van der Waals surface area contributed by atoms with Gasteiger partial charge in [-0.25, -0.2) is 8.42 Å². The zero-order valence-corrected chi connectivity index (χ0v) is 14.5. The minimum Gasteiger partial charge on any atom is -0.283 e. The van der Waals surface area contributed by atoms with Crippen LogP contribution in [0, 0.1) is 13.8 Å². The highest BCUT2D eigenvalue weighted by atomic mass is 79.9. The van der Waals surface area contributed by atoms with Crippen LogP contribution in [-0.4, -0.2) is 14.2 Å². The van der Waals surface area contributed by atoms with Crippen molar-refractivity contribution in [2.24, 2.45) is 0 Å². The first kappa shape index (κ1) is 16.0. The van der Waals surface area contributed by atoms with Crippen LogP contribution in [0.3, 0.4) is 0 Å². The van der Waals surface area contributed by atoms with Crippen molar-refractivity contribution in [1.82, 2.24) is 0 Å². The van der Waals surface area contributed by atoms with Crippen molar-refractivity contribution in [2.75, 3.05) is 10.5 Å². The van der Waals surface area contributed by atoms with Crippen LogP contribution in [-0.2, 0) is 16.4 Å². The van der Waals surface area contributed by atoms with Crippen molar-refractivity contribution < 1.29 is 8.42 Å². The van der Waals surface area contributed by atoms with Gasteiger partial charge in [0, 0.05) is 4.47 Å². The van der Waals surface area contributed by atoms with E-state index in [1.54, 1.807) is 0 Å². The summed E-state index contributed by atoms with van der Waals surface area (Å²) >= 11 is 3.41. The third kappa shape index (κ3) is 4.58. The number of rotatable bonds is 5. The van der Waals surface area contributed by atoms with E-state index in [0.717, 1.165) is 21.2 Å². The van der Waals surface area contributed by atoms with E-state index >= 15 is 0 Å². The summed E-state index contributed by atoms with van der Waals surface area (Å²) in [6.45, 7) is 3.79. The minimum atomic E-state index is -3.36. The number of halogens is 1. The fraction of sp³-hybridized carbons (Fsp3) is 0.250. The largest absolute Gasteiger partial charge is 0.283 e. The van der Waals surface area contributed by atoms with Crippen LogP contribution in [0.1, 0.15) is 16.7 Å². The molecule has 0 aromatic heterocycles. The monoisotopic (exact) mass is 367 g/mol. The molecule has 0 spiro atoms. The van der Waals surface area contributed by atoms with E-state index in [9.17, 15) is 8.42 Å². The SMILES string of the molecule is Cc1cc(Br)cc(C)c1NS(=O)(=O)CCc1ccccc1. The van der Waals surface area contributed by atoms with E-state index in [0.29, 0.717) is 12.1 Å². The Hall–Kier alpha value is -1.33. The van der Waals surface area contributed by atoms with Crippen molar-refractivity contribution >= 4 is 31.6 Å². The molecular weight excluding hydrogens is 350 g/mol. The summed E-state index contributed by atoms with van der Waals surface area (Å²) in [5, 5.41) is 0. The highest BCUT2D eigenvalue weighted by Gasteiger charge is 2.14. The van der Waals surface area contributed by atoms with Crippen LogP contribution in [0.15, 0.2) is 46.9 Å². The molecule has 0 saturated carbocycles. The van der Waals surface area contributed by atoms with Gasteiger partial charge in [0.2, 0.25) is 10.0 Å². The maximum atomic E-state index is 12.2. The molecule has 21 heavy (non-hydrogen) atoms. The molecule has 0 amide bonds. The van der Waals surface area contributed by atoms with Crippen LogP contribution < -0.4 is 4.72 Å². The maximum Gasteiger partial charge on any atom is 0.233 e. The second kappa shape index (κ2) is 6.62. The topological polar surface area (TPSA) is 46.2 Å². The Bertz CT molecular complexity index is 704. The van der Waals surface area contributed by atoms with Gasteiger partial charge in [-0.05, 0) is 49.1 Å². The highest BCUT2D eigenvalue weighted by molar-refractivity contribution is 9.10. The summed E-state index contributed by atoms with van der Waals surface area (Å²) in [4.78, 5) is 0. The number of hydrogen-bond acceptors (Lipinski definition) is 2. The summed E-state index contributed by atoms with van der Waals surface area (Å²) < 4.78 is 28.1. The molecule has 0 aliphatic heterocycles. The van der Waals surface area contributed by atoms with Gasteiger partial charge in [0.05, 0.1) is 11.4 Å². The molecule has 0 unspecified atom stereocenters. The Morgan fingerprint density at radius 1 is 1.05 bits per heavy atom. The average molecular weight is 368 g/mol. The van der Waals surface area contributed by atoms with Gasteiger partial charge in [-0.15, -0.1) is 0 Å². The van der Waals surface area contributed by atoms with Gasteiger partial charge in [-0.2, -0.15) is 0 Å². The van der Waals surface area contributed by atoms with E-state index in [1.807, 2.05) is 56.3 Å². The third-order valence-corrected chi connectivity index (χ3v) is 4.97. The second-order valence-electron chi connectivity index (χ2n) is 5.07. The van der Waals surface area contributed by atoms with Crippen molar-refractivity contribution in [1.29, 1.82) is 0 Å². The molecule has 0 aliphatic carbocycles. The fourth-order valence-electron chi connectivity index (χ4n) is 2.18. The lowest BCUT2D eigenvalue weighted by atomic mass is 10.1. The van der Waals surface area contributed by atoms with E-state index in [-0.39, 0.29) is 5.75 Å². The quantitative estimate of drug-likeness (QED) is 0.866. The predicted octanol–water partition coefficient (Wildman–Crippen LogP) is 4.05. The maximum absolute atomic E-state index is 12.2.